The zero-order valence-corrected chi connectivity index (χ0v) is 12.6. The second-order valence-corrected chi connectivity index (χ2v) is 4.40. The van der Waals surface area contributed by atoms with Crippen LogP contribution in [0.25, 0.3) is 0 Å². The normalized spacial score (nSPS) is 9.78. The molecular formula is C16H14N2O5. The van der Waals surface area contributed by atoms with Gasteiger partial charge in [-0.15, -0.1) is 0 Å². The fraction of sp³-hybridized carbons (Fsp3) is 0.188. The summed E-state index contributed by atoms with van der Waals surface area (Å²) in [5, 5.41) is 19.9. The van der Waals surface area contributed by atoms with E-state index >= 15 is 0 Å². The number of hydrogen-bond donors (Lipinski definition) is 0. The highest BCUT2D eigenvalue weighted by Gasteiger charge is 2.17. The lowest BCUT2D eigenvalue weighted by Crippen LogP contribution is -1.98. The van der Waals surface area contributed by atoms with Gasteiger partial charge in [0.2, 0.25) is 5.75 Å². The highest BCUT2D eigenvalue weighted by molar-refractivity contribution is 5.53. The van der Waals surface area contributed by atoms with Crippen LogP contribution in [0.5, 0.6) is 23.0 Å². The second kappa shape index (κ2) is 7.13. The monoisotopic (exact) mass is 314 g/mol. The molecule has 0 aliphatic rings. The number of nitro benzene ring substituents is 1. The van der Waals surface area contributed by atoms with Gasteiger partial charge >= 0.3 is 5.69 Å². The molecule has 0 N–H and O–H groups in total. The summed E-state index contributed by atoms with van der Waals surface area (Å²) in [6, 6.07) is 11.0. The summed E-state index contributed by atoms with van der Waals surface area (Å²) in [5.41, 5.74) is 0.305. The van der Waals surface area contributed by atoms with Crippen LogP contribution in [0.2, 0.25) is 0 Å². The summed E-state index contributed by atoms with van der Waals surface area (Å²) in [7, 11) is 1.46. The molecule has 0 aliphatic carbocycles. The first-order valence-corrected chi connectivity index (χ1v) is 6.76. The number of hydrogen-bond acceptors (Lipinski definition) is 6. The summed E-state index contributed by atoms with van der Waals surface area (Å²) in [6.45, 7) is 2.03. The van der Waals surface area contributed by atoms with Gasteiger partial charge in [0.15, 0.2) is 11.5 Å². The Labute approximate surface area is 132 Å². The van der Waals surface area contributed by atoms with Crippen LogP contribution in [-0.4, -0.2) is 18.6 Å². The summed E-state index contributed by atoms with van der Waals surface area (Å²) in [5.74, 6) is 1.27. The third kappa shape index (κ3) is 3.68. The Morgan fingerprint density at radius 2 is 1.96 bits per heavy atom. The van der Waals surface area contributed by atoms with E-state index in [1.807, 2.05) is 6.07 Å². The van der Waals surface area contributed by atoms with Crippen LogP contribution in [0.1, 0.15) is 12.5 Å². The molecule has 0 unspecified atom stereocenters. The minimum absolute atomic E-state index is 0.127. The lowest BCUT2D eigenvalue weighted by atomic mass is 10.2. The van der Waals surface area contributed by atoms with Gasteiger partial charge in [0.25, 0.3) is 0 Å². The SMILES string of the molecule is CCOc1cc(Oc2ccc(C#N)cc2OC)ccc1[N+](=O)[O-]. The second-order valence-electron chi connectivity index (χ2n) is 4.40. The molecule has 0 bridgehead atoms. The van der Waals surface area contributed by atoms with E-state index in [1.165, 1.54) is 25.3 Å². The predicted molar refractivity (Wildman–Crippen MR) is 82.0 cm³/mol. The zero-order chi connectivity index (χ0) is 16.8. The van der Waals surface area contributed by atoms with Crippen LogP contribution >= 0.6 is 0 Å². The van der Waals surface area contributed by atoms with E-state index in [9.17, 15) is 10.1 Å². The van der Waals surface area contributed by atoms with Gasteiger partial charge < -0.3 is 14.2 Å². The predicted octanol–water partition coefficient (Wildman–Crippen LogP) is 3.67. The van der Waals surface area contributed by atoms with Crippen molar-refractivity contribution >= 4 is 5.69 Å². The molecule has 2 aromatic rings. The third-order valence-electron chi connectivity index (χ3n) is 2.95. The minimum Gasteiger partial charge on any atom is -0.493 e. The van der Waals surface area contributed by atoms with Crippen LogP contribution in [0.15, 0.2) is 36.4 Å². The van der Waals surface area contributed by atoms with Crippen molar-refractivity contribution in [1.29, 1.82) is 5.26 Å². The van der Waals surface area contributed by atoms with Crippen molar-refractivity contribution < 1.29 is 19.1 Å². The quantitative estimate of drug-likeness (QED) is 0.596. The van der Waals surface area contributed by atoms with E-state index in [2.05, 4.69) is 0 Å². The third-order valence-corrected chi connectivity index (χ3v) is 2.95. The van der Waals surface area contributed by atoms with E-state index < -0.39 is 4.92 Å². The zero-order valence-electron chi connectivity index (χ0n) is 12.6. The molecule has 0 saturated heterocycles. The van der Waals surface area contributed by atoms with E-state index in [0.717, 1.165) is 0 Å². The van der Waals surface area contributed by atoms with Gasteiger partial charge in [0.1, 0.15) is 5.75 Å². The Hall–Kier alpha value is -3.27. The maximum absolute atomic E-state index is 11.0. The molecule has 0 fully saturated rings. The van der Waals surface area contributed by atoms with E-state index in [1.54, 1.807) is 25.1 Å². The van der Waals surface area contributed by atoms with Gasteiger partial charge in [-0.05, 0) is 25.1 Å². The number of nitrogens with zero attached hydrogens (tertiary/aromatic N) is 2. The number of nitro groups is 1. The van der Waals surface area contributed by atoms with Crippen molar-refractivity contribution in [2.45, 2.75) is 6.92 Å². The Kier molecular flexibility index (Phi) is 5.00. The maximum Gasteiger partial charge on any atom is 0.311 e. The highest BCUT2D eigenvalue weighted by atomic mass is 16.6. The van der Waals surface area contributed by atoms with E-state index in [-0.39, 0.29) is 11.4 Å². The largest absolute Gasteiger partial charge is 0.493 e. The first-order valence-electron chi connectivity index (χ1n) is 6.76. The lowest BCUT2D eigenvalue weighted by Gasteiger charge is -2.11. The summed E-state index contributed by atoms with van der Waals surface area (Å²) in [4.78, 5) is 10.5. The van der Waals surface area contributed by atoms with Crippen molar-refractivity contribution in [3.05, 3.63) is 52.1 Å². The van der Waals surface area contributed by atoms with E-state index in [0.29, 0.717) is 29.4 Å². The number of methoxy groups -OCH3 is 1. The molecule has 7 heteroatoms. The Morgan fingerprint density at radius 3 is 2.57 bits per heavy atom. The average Bonchev–Trinajstić information content (AvgIpc) is 2.55. The van der Waals surface area contributed by atoms with Crippen molar-refractivity contribution in [3.8, 4) is 29.1 Å². The lowest BCUT2D eigenvalue weighted by molar-refractivity contribution is -0.385. The molecule has 0 spiro atoms. The molecule has 0 atom stereocenters. The smallest absolute Gasteiger partial charge is 0.311 e. The van der Waals surface area contributed by atoms with Crippen LogP contribution in [-0.2, 0) is 0 Å². The van der Waals surface area contributed by atoms with Crippen LogP contribution < -0.4 is 14.2 Å². The molecule has 0 saturated carbocycles. The van der Waals surface area contributed by atoms with Gasteiger partial charge in [0.05, 0.1) is 30.3 Å². The number of benzene rings is 2. The van der Waals surface area contributed by atoms with Crippen molar-refractivity contribution in [2.24, 2.45) is 0 Å². The molecule has 0 heterocycles. The summed E-state index contributed by atoms with van der Waals surface area (Å²) in [6.07, 6.45) is 0. The van der Waals surface area contributed by atoms with Gasteiger partial charge in [-0.2, -0.15) is 5.26 Å². The molecule has 0 aromatic heterocycles. The number of ether oxygens (including phenoxy) is 3. The molecule has 0 radical (unpaired) electrons. The summed E-state index contributed by atoms with van der Waals surface area (Å²) < 4.78 is 16.1. The minimum atomic E-state index is -0.517. The Morgan fingerprint density at radius 1 is 1.17 bits per heavy atom. The number of nitriles is 1. The summed E-state index contributed by atoms with van der Waals surface area (Å²) >= 11 is 0. The van der Waals surface area contributed by atoms with Crippen LogP contribution in [0.4, 0.5) is 5.69 Å². The standard InChI is InChI=1S/C16H14N2O5/c1-3-22-15-9-12(5-6-13(15)18(19)20)23-14-7-4-11(10-17)8-16(14)21-2/h4-9H,3H2,1-2H3. The molecule has 118 valence electrons. The van der Waals surface area contributed by atoms with E-state index in [4.69, 9.17) is 19.5 Å². The first kappa shape index (κ1) is 16.1. The Balaban J connectivity index is 2.35. The molecule has 2 aromatic carbocycles. The first-order chi connectivity index (χ1) is 11.1. The Bertz CT molecular complexity index is 768. The maximum atomic E-state index is 11.0. The van der Waals surface area contributed by atoms with Crippen molar-refractivity contribution in [1.82, 2.24) is 0 Å². The molecule has 0 aliphatic heterocycles. The molecular weight excluding hydrogens is 300 g/mol. The van der Waals surface area contributed by atoms with Crippen molar-refractivity contribution in [2.75, 3.05) is 13.7 Å². The van der Waals surface area contributed by atoms with Gasteiger partial charge in [-0.25, -0.2) is 0 Å². The molecule has 7 nitrogen and oxygen atoms in total. The van der Waals surface area contributed by atoms with Gasteiger partial charge in [-0.3, -0.25) is 10.1 Å². The molecule has 23 heavy (non-hydrogen) atoms. The fourth-order valence-electron chi connectivity index (χ4n) is 1.93. The molecule has 0 amide bonds. The van der Waals surface area contributed by atoms with Crippen LogP contribution in [0.3, 0.4) is 0 Å². The topological polar surface area (TPSA) is 94.6 Å². The van der Waals surface area contributed by atoms with Gasteiger partial charge in [0, 0.05) is 18.2 Å². The van der Waals surface area contributed by atoms with Crippen LogP contribution in [0, 0.1) is 21.4 Å². The number of rotatable bonds is 6. The molecule has 2 rings (SSSR count). The van der Waals surface area contributed by atoms with Gasteiger partial charge in [-0.1, -0.05) is 0 Å². The highest BCUT2D eigenvalue weighted by Crippen LogP contribution is 2.36. The van der Waals surface area contributed by atoms with Crippen molar-refractivity contribution in [3.63, 3.8) is 0 Å². The fourth-order valence-corrected chi connectivity index (χ4v) is 1.93. The average molecular weight is 314 g/mol.